The van der Waals surface area contributed by atoms with Crippen molar-refractivity contribution < 1.29 is 9.66 Å². The molecule has 0 aliphatic carbocycles. The zero-order valence-corrected chi connectivity index (χ0v) is 19.7. The number of non-ortho nitro benzene ring substituents is 1. The van der Waals surface area contributed by atoms with Gasteiger partial charge < -0.3 is 9.30 Å². The molecule has 0 aliphatic rings. The van der Waals surface area contributed by atoms with Crippen LogP contribution in [0.25, 0.3) is 33.3 Å². The fourth-order valence-electron chi connectivity index (χ4n) is 4.41. The van der Waals surface area contributed by atoms with E-state index in [0.717, 1.165) is 11.3 Å². The Morgan fingerprint density at radius 1 is 1.00 bits per heavy atom. The van der Waals surface area contributed by atoms with Crippen LogP contribution in [-0.4, -0.2) is 26.2 Å². The monoisotopic (exact) mass is 482 g/mol. The van der Waals surface area contributed by atoms with Gasteiger partial charge in [-0.15, -0.1) is 0 Å². The fraction of sp³-hybridized carbons (Fsp3) is 0.148. The van der Waals surface area contributed by atoms with E-state index in [9.17, 15) is 19.7 Å². The topological polar surface area (TPSA) is 109 Å². The van der Waals surface area contributed by atoms with Crippen LogP contribution in [0.3, 0.4) is 0 Å². The number of ether oxygens (including phenoxy) is 1. The van der Waals surface area contributed by atoms with Crippen LogP contribution in [0.4, 0.5) is 5.69 Å². The van der Waals surface area contributed by atoms with Gasteiger partial charge in [-0.25, -0.2) is 4.98 Å². The second-order valence-electron chi connectivity index (χ2n) is 8.40. The van der Waals surface area contributed by atoms with Crippen molar-refractivity contribution in [2.24, 2.45) is 7.05 Å². The Bertz CT molecular complexity index is 1750. The number of methoxy groups -OCH3 is 1. The summed E-state index contributed by atoms with van der Waals surface area (Å²) in [6.07, 6.45) is 0.479. The highest BCUT2D eigenvalue weighted by Gasteiger charge is 2.20. The minimum absolute atomic E-state index is 0.0138. The molecule has 0 radical (unpaired) electrons. The van der Waals surface area contributed by atoms with Gasteiger partial charge in [0.05, 0.1) is 17.5 Å². The largest absolute Gasteiger partial charge is 0.497 e. The van der Waals surface area contributed by atoms with Crippen LogP contribution >= 0.6 is 0 Å². The predicted molar refractivity (Wildman–Crippen MR) is 138 cm³/mol. The number of pyridine rings is 1. The van der Waals surface area contributed by atoms with Gasteiger partial charge in [-0.1, -0.05) is 36.4 Å². The normalized spacial score (nSPS) is 11.2. The molecule has 180 valence electrons. The van der Waals surface area contributed by atoms with Crippen LogP contribution in [0.2, 0.25) is 0 Å². The SMILES string of the molecule is COc1ccc(CCn2c(-c3cccc([N+](=O)[O-])c3)nc3c(c(=O)c4ccccc4n3C)c2=O)cc1. The minimum Gasteiger partial charge on any atom is -0.497 e. The van der Waals surface area contributed by atoms with Gasteiger partial charge in [0.25, 0.3) is 11.2 Å². The van der Waals surface area contributed by atoms with E-state index in [2.05, 4.69) is 0 Å². The summed E-state index contributed by atoms with van der Waals surface area (Å²) in [6.45, 7) is 0.224. The number of nitro groups is 1. The Kier molecular flexibility index (Phi) is 5.81. The Balaban J connectivity index is 1.76. The number of benzene rings is 3. The van der Waals surface area contributed by atoms with Gasteiger partial charge in [-0.2, -0.15) is 0 Å². The van der Waals surface area contributed by atoms with Crippen LogP contribution in [0.5, 0.6) is 5.75 Å². The van der Waals surface area contributed by atoms with E-state index >= 15 is 0 Å². The Hall–Kier alpha value is -4.79. The first kappa shape index (κ1) is 23.0. The summed E-state index contributed by atoms with van der Waals surface area (Å²) in [5.41, 5.74) is 1.25. The number of aryl methyl sites for hydroxylation is 2. The van der Waals surface area contributed by atoms with Crippen molar-refractivity contribution in [1.82, 2.24) is 14.1 Å². The summed E-state index contributed by atoms with van der Waals surface area (Å²) in [5.74, 6) is 0.978. The van der Waals surface area contributed by atoms with E-state index in [4.69, 9.17) is 9.72 Å². The van der Waals surface area contributed by atoms with E-state index in [0.29, 0.717) is 22.9 Å². The Morgan fingerprint density at radius 2 is 1.75 bits per heavy atom. The number of nitro benzene ring substituents is 1. The maximum absolute atomic E-state index is 13.8. The number of hydrogen-bond donors (Lipinski definition) is 0. The first-order valence-corrected chi connectivity index (χ1v) is 11.3. The molecule has 3 aromatic carbocycles. The molecule has 2 aromatic heterocycles. The minimum atomic E-state index is -0.492. The van der Waals surface area contributed by atoms with Gasteiger partial charge >= 0.3 is 0 Å². The lowest BCUT2D eigenvalue weighted by Gasteiger charge is -2.16. The lowest BCUT2D eigenvalue weighted by molar-refractivity contribution is -0.384. The predicted octanol–water partition coefficient (Wildman–Crippen LogP) is 4.07. The molecule has 9 heteroatoms. The molecule has 0 unspecified atom stereocenters. The molecule has 0 atom stereocenters. The van der Waals surface area contributed by atoms with Crippen LogP contribution in [0, 0.1) is 10.1 Å². The second kappa shape index (κ2) is 9.10. The highest BCUT2D eigenvalue weighted by molar-refractivity contribution is 5.92. The number of fused-ring (bicyclic) bond motifs is 2. The fourth-order valence-corrected chi connectivity index (χ4v) is 4.41. The molecular formula is C27H22N4O5. The zero-order valence-electron chi connectivity index (χ0n) is 19.7. The van der Waals surface area contributed by atoms with Gasteiger partial charge in [0.1, 0.15) is 17.0 Å². The molecule has 0 amide bonds. The smallest absolute Gasteiger partial charge is 0.270 e. The molecule has 0 saturated carbocycles. The lowest BCUT2D eigenvalue weighted by Crippen LogP contribution is -2.29. The number of nitrogens with zero attached hydrogens (tertiary/aromatic N) is 4. The average molecular weight is 482 g/mol. The van der Waals surface area contributed by atoms with E-state index in [1.807, 2.05) is 30.3 Å². The van der Waals surface area contributed by atoms with Crippen molar-refractivity contribution in [3.63, 3.8) is 0 Å². The van der Waals surface area contributed by atoms with Crippen molar-refractivity contribution in [3.05, 3.63) is 109 Å². The molecule has 36 heavy (non-hydrogen) atoms. The third kappa shape index (κ3) is 3.90. The van der Waals surface area contributed by atoms with Crippen LogP contribution in [0.15, 0.2) is 82.4 Å². The van der Waals surface area contributed by atoms with Crippen molar-refractivity contribution >= 4 is 27.6 Å². The summed E-state index contributed by atoms with van der Waals surface area (Å²) < 4.78 is 8.35. The van der Waals surface area contributed by atoms with Crippen LogP contribution < -0.4 is 15.7 Å². The van der Waals surface area contributed by atoms with E-state index in [-0.39, 0.29) is 34.5 Å². The highest BCUT2D eigenvalue weighted by Crippen LogP contribution is 2.24. The second-order valence-corrected chi connectivity index (χ2v) is 8.40. The summed E-state index contributed by atoms with van der Waals surface area (Å²) >= 11 is 0. The van der Waals surface area contributed by atoms with Gasteiger partial charge in [0, 0.05) is 36.7 Å². The number of aromatic nitrogens is 3. The average Bonchev–Trinajstić information content (AvgIpc) is 2.91. The van der Waals surface area contributed by atoms with Gasteiger partial charge in [0.15, 0.2) is 5.65 Å². The summed E-state index contributed by atoms with van der Waals surface area (Å²) in [4.78, 5) is 42.9. The maximum atomic E-state index is 13.8. The van der Waals surface area contributed by atoms with E-state index in [1.165, 1.54) is 16.7 Å². The molecule has 0 fully saturated rings. The molecular weight excluding hydrogens is 460 g/mol. The van der Waals surface area contributed by atoms with E-state index in [1.54, 1.807) is 49.1 Å². The molecule has 2 heterocycles. The van der Waals surface area contributed by atoms with Crippen molar-refractivity contribution in [3.8, 4) is 17.1 Å². The third-order valence-corrected chi connectivity index (χ3v) is 6.30. The van der Waals surface area contributed by atoms with Crippen LogP contribution in [-0.2, 0) is 20.0 Å². The first-order valence-electron chi connectivity index (χ1n) is 11.3. The Morgan fingerprint density at radius 3 is 2.47 bits per heavy atom. The van der Waals surface area contributed by atoms with Crippen LogP contribution in [0.1, 0.15) is 5.56 Å². The standard InChI is InChI=1S/C27H22N4O5/c1-29-22-9-4-3-8-21(22)24(32)23-26(29)28-25(18-6-5-7-19(16-18)31(34)35)30(27(23)33)15-14-17-10-12-20(36-2)13-11-17/h3-13,16H,14-15H2,1-2H3. The molecule has 5 aromatic rings. The zero-order chi connectivity index (χ0) is 25.4. The summed E-state index contributed by atoms with van der Waals surface area (Å²) in [7, 11) is 3.33. The Labute approximate surface area is 205 Å². The van der Waals surface area contributed by atoms with Crippen molar-refractivity contribution in [2.45, 2.75) is 13.0 Å². The molecule has 0 N–H and O–H groups in total. The first-order chi connectivity index (χ1) is 17.4. The number of hydrogen-bond acceptors (Lipinski definition) is 6. The molecule has 0 bridgehead atoms. The molecule has 0 aliphatic heterocycles. The lowest BCUT2D eigenvalue weighted by atomic mass is 10.1. The summed E-state index contributed by atoms with van der Waals surface area (Å²) in [6, 6.07) is 20.5. The van der Waals surface area contributed by atoms with Crippen molar-refractivity contribution in [2.75, 3.05) is 7.11 Å². The van der Waals surface area contributed by atoms with E-state index < -0.39 is 10.5 Å². The molecule has 9 nitrogen and oxygen atoms in total. The number of rotatable bonds is 6. The van der Waals surface area contributed by atoms with Crippen molar-refractivity contribution in [1.29, 1.82) is 0 Å². The van der Waals surface area contributed by atoms with Gasteiger partial charge in [-0.05, 0) is 36.2 Å². The highest BCUT2D eigenvalue weighted by atomic mass is 16.6. The van der Waals surface area contributed by atoms with Gasteiger partial charge in [-0.3, -0.25) is 24.3 Å². The maximum Gasteiger partial charge on any atom is 0.270 e. The van der Waals surface area contributed by atoms with Gasteiger partial charge in [0.2, 0.25) is 5.43 Å². The third-order valence-electron chi connectivity index (χ3n) is 6.30. The number of para-hydroxylation sites is 1. The molecule has 0 saturated heterocycles. The molecule has 0 spiro atoms. The quantitative estimate of drug-likeness (QED) is 0.205. The summed E-state index contributed by atoms with van der Waals surface area (Å²) in [5, 5.41) is 11.8. The molecule has 5 rings (SSSR count).